The van der Waals surface area contributed by atoms with Gasteiger partial charge in [0.2, 0.25) is 0 Å². The number of methoxy groups -OCH3 is 1. The van der Waals surface area contributed by atoms with Crippen LogP contribution in [0.1, 0.15) is 57.0 Å². The maximum Gasteiger partial charge on any atom is 0.573 e. The van der Waals surface area contributed by atoms with Crippen molar-refractivity contribution in [3.05, 3.63) is 83.2 Å². The third-order valence-corrected chi connectivity index (χ3v) is 15.7. The van der Waals surface area contributed by atoms with Crippen LogP contribution in [0.5, 0.6) is 11.5 Å². The predicted molar refractivity (Wildman–Crippen MR) is 199 cm³/mol. The topological polar surface area (TPSA) is 94.0 Å². The number of aryl methyl sites for hydroxylation is 2. The number of aromatic nitrogens is 3. The summed E-state index contributed by atoms with van der Waals surface area (Å²) in [6.07, 6.45) is -2.46. The summed E-state index contributed by atoms with van der Waals surface area (Å²) in [6, 6.07) is 17.4. The highest BCUT2D eigenvalue weighted by Gasteiger charge is 2.43. The van der Waals surface area contributed by atoms with E-state index >= 15 is 0 Å². The number of rotatable bonds is 14. The van der Waals surface area contributed by atoms with Gasteiger partial charge in [-0.2, -0.15) is 0 Å². The molecule has 1 aliphatic heterocycles. The van der Waals surface area contributed by atoms with Crippen LogP contribution in [0.15, 0.2) is 60.8 Å². The molecule has 0 radical (unpaired) electrons. The number of carbonyl (C=O) groups is 1. The average Bonchev–Trinajstić information content (AvgIpc) is 3.71. The summed E-state index contributed by atoms with van der Waals surface area (Å²) in [5, 5.41) is 8.30. The number of pyridine rings is 1. The molecule has 52 heavy (non-hydrogen) atoms. The van der Waals surface area contributed by atoms with Crippen LogP contribution in [-0.2, 0) is 17.4 Å². The fraction of sp³-hybridized carbons (Fsp3) is 0.447. The number of nitrogens with zero attached hydrogens (tertiary/aromatic N) is 5. The molecule has 0 atom stereocenters. The van der Waals surface area contributed by atoms with E-state index in [1.165, 1.54) is 12.1 Å². The minimum atomic E-state index is -4.79. The van der Waals surface area contributed by atoms with E-state index in [1.807, 2.05) is 49.5 Å². The van der Waals surface area contributed by atoms with E-state index in [0.29, 0.717) is 61.2 Å². The first-order valence-electron chi connectivity index (χ1n) is 17.6. The van der Waals surface area contributed by atoms with E-state index in [2.05, 4.69) is 44.7 Å². The number of amides is 2. The van der Waals surface area contributed by atoms with Gasteiger partial charge in [-0.3, -0.25) is 4.90 Å². The van der Waals surface area contributed by atoms with Crippen LogP contribution in [0.25, 0.3) is 5.69 Å². The highest BCUT2D eigenvalue weighted by molar-refractivity contribution is 6.76. The molecule has 1 saturated heterocycles. The van der Waals surface area contributed by atoms with Gasteiger partial charge in [-0.25, -0.2) is 14.5 Å². The zero-order chi connectivity index (χ0) is 37.8. The number of urea groups is 1. The van der Waals surface area contributed by atoms with Gasteiger partial charge in [-0.15, -0.1) is 18.3 Å². The normalized spacial score (nSPS) is 13.9. The molecular weight excluding hydrogens is 690 g/mol. The van der Waals surface area contributed by atoms with Crippen LogP contribution in [0.3, 0.4) is 0 Å². The molecule has 2 aromatic heterocycles. The Labute approximate surface area is 305 Å². The zero-order valence-corrected chi connectivity index (χ0v) is 32.2. The monoisotopic (exact) mass is 738 g/mol. The van der Waals surface area contributed by atoms with Crippen molar-refractivity contribution < 1.29 is 31.9 Å². The molecule has 0 saturated carbocycles. The lowest BCUT2D eigenvalue weighted by Crippen LogP contribution is -2.46. The highest BCUT2D eigenvalue weighted by Crippen LogP contribution is 2.42. The van der Waals surface area contributed by atoms with E-state index in [1.54, 1.807) is 34.6 Å². The second kappa shape index (κ2) is 15.6. The SMILES string of the molecule is CC[Si](CC)(OCCc1c(-n2ccc(N3CCN(Cc4ccc(OC)cc4)C3=O)n2)cc(C)nc1Nc1ccc(OC(F)(F)F)cc1C)C(C)(C)C. The summed E-state index contributed by atoms with van der Waals surface area (Å²) in [5.74, 6) is 1.53. The number of alkyl halides is 3. The van der Waals surface area contributed by atoms with Crippen molar-refractivity contribution in [2.75, 3.05) is 37.0 Å². The van der Waals surface area contributed by atoms with Gasteiger partial charge in [-0.05, 0) is 78.5 Å². The molecule has 1 N–H and O–H groups in total. The molecule has 0 spiro atoms. The first-order chi connectivity index (χ1) is 24.6. The van der Waals surface area contributed by atoms with Gasteiger partial charge in [0.25, 0.3) is 0 Å². The Hall–Kier alpha value is -4.56. The molecule has 0 bridgehead atoms. The second-order valence-electron chi connectivity index (χ2n) is 14.1. The lowest BCUT2D eigenvalue weighted by atomic mass is 10.1. The summed E-state index contributed by atoms with van der Waals surface area (Å²) in [4.78, 5) is 21.9. The largest absolute Gasteiger partial charge is 0.573 e. The van der Waals surface area contributed by atoms with E-state index in [0.717, 1.165) is 34.7 Å². The molecule has 0 unspecified atom stereocenters. The zero-order valence-electron chi connectivity index (χ0n) is 31.2. The predicted octanol–water partition coefficient (Wildman–Crippen LogP) is 9.32. The molecule has 4 aromatic rings. The third kappa shape index (κ3) is 8.72. The lowest BCUT2D eigenvalue weighted by molar-refractivity contribution is -0.274. The molecular formula is C38H49F3N6O4Si. The molecule has 10 nitrogen and oxygen atoms in total. The molecule has 1 aliphatic rings. The van der Waals surface area contributed by atoms with Gasteiger partial charge in [0, 0.05) is 61.9 Å². The first kappa shape index (κ1) is 38.7. The van der Waals surface area contributed by atoms with E-state index in [9.17, 15) is 18.0 Å². The smallest absolute Gasteiger partial charge is 0.497 e. The minimum absolute atomic E-state index is 0.0314. The number of carbonyl (C=O) groups excluding carboxylic acids is 1. The maximum atomic E-state index is 13.5. The van der Waals surface area contributed by atoms with E-state index in [-0.39, 0.29) is 16.8 Å². The Morgan fingerprint density at radius 3 is 2.25 bits per heavy atom. The Bertz CT molecular complexity index is 1850. The van der Waals surface area contributed by atoms with E-state index < -0.39 is 14.7 Å². The number of nitrogens with one attached hydrogen (secondary N) is 1. The van der Waals surface area contributed by atoms with Crippen molar-refractivity contribution in [3.8, 4) is 17.2 Å². The van der Waals surface area contributed by atoms with Gasteiger partial charge in [0.05, 0.1) is 12.8 Å². The Kier molecular flexibility index (Phi) is 11.6. The summed E-state index contributed by atoms with van der Waals surface area (Å²) in [5.41, 5.74) is 4.44. The van der Waals surface area contributed by atoms with Gasteiger partial charge in [0.1, 0.15) is 17.3 Å². The van der Waals surface area contributed by atoms with Crippen molar-refractivity contribution >= 4 is 31.7 Å². The van der Waals surface area contributed by atoms with Crippen molar-refractivity contribution in [3.63, 3.8) is 0 Å². The van der Waals surface area contributed by atoms with Crippen molar-refractivity contribution in [1.29, 1.82) is 0 Å². The minimum Gasteiger partial charge on any atom is -0.497 e. The van der Waals surface area contributed by atoms with Crippen molar-refractivity contribution in [2.45, 2.75) is 84.9 Å². The Morgan fingerprint density at radius 2 is 1.63 bits per heavy atom. The molecule has 280 valence electrons. The molecule has 0 aliphatic carbocycles. The van der Waals surface area contributed by atoms with Crippen LogP contribution in [0.2, 0.25) is 17.1 Å². The van der Waals surface area contributed by atoms with Gasteiger partial charge < -0.3 is 24.1 Å². The van der Waals surface area contributed by atoms with Gasteiger partial charge in [-0.1, -0.05) is 46.8 Å². The summed E-state index contributed by atoms with van der Waals surface area (Å²) in [6.45, 7) is 16.7. The van der Waals surface area contributed by atoms with Crippen LogP contribution in [-0.4, -0.2) is 67.2 Å². The molecule has 5 rings (SSSR count). The van der Waals surface area contributed by atoms with Crippen molar-refractivity contribution in [1.82, 2.24) is 19.7 Å². The average molecular weight is 739 g/mol. The number of hydrogen-bond donors (Lipinski definition) is 1. The molecule has 3 heterocycles. The van der Waals surface area contributed by atoms with E-state index in [4.69, 9.17) is 19.2 Å². The fourth-order valence-electron chi connectivity index (χ4n) is 6.90. The highest BCUT2D eigenvalue weighted by atomic mass is 28.4. The lowest BCUT2D eigenvalue weighted by Gasteiger charge is -2.41. The number of halogens is 3. The fourth-order valence-corrected chi connectivity index (χ4v) is 10.9. The van der Waals surface area contributed by atoms with Crippen LogP contribution < -0.4 is 19.7 Å². The van der Waals surface area contributed by atoms with Crippen LogP contribution in [0.4, 0.5) is 35.3 Å². The summed E-state index contributed by atoms with van der Waals surface area (Å²) in [7, 11) is -0.498. The summed E-state index contributed by atoms with van der Waals surface area (Å²) >= 11 is 0. The third-order valence-electron chi connectivity index (χ3n) is 9.88. The van der Waals surface area contributed by atoms with Gasteiger partial charge >= 0.3 is 12.4 Å². The molecule has 1 fully saturated rings. The Balaban J connectivity index is 1.45. The maximum absolute atomic E-state index is 13.5. The first-order valence-corrected chi connectivity index (χ1v) is 19.9. The molecule has 14 heteroatoms. The number of ether oxygens (including phenoxy) is 2. The molecule has 2 aromatic carbocycles. The number of anilines is 3. The standard InChI is InChI=1S/C38H49F3N6O4Si/c1-9-52(10-2,37(5,6)7)50-22-18-31-33(24-27(4)42-35(31)43-32-16-15-30(23-26(32)3)51-38(39,40)41)47-19-17-34(44-47)46-21-20-45(36(46)48)25-28-11-13-29(49-8)14-12-28/h11-17,19,23-24H,9-10,18,20-22,25H2,1-8H3,(H,42,43). The van der Waals surface area contributed by atoms with Gasteiger partial charge in [0.15, 0.2) is 14.1 Å². The van der Waals surface area contributed by atoms with Crippen molar-refractivity contribution in [2.24, 2.45) is 0 Å². The van der Waals surface area contributed by atoms with Crippen LogP contribution >= 0.6 is 0 Å². The Morgan fingerprint density at radius 1 is 0.942 bits per heavy atom. The number of hydrogen-bond acceptors (Lipinski definition) is 7. The quantitative estimate of drug-likeness (QED) is 0.129. The second-order valence-corrected chi connectivity index (χ2v) is 19.3. The number of benzene rings is 2. The molecule has 2 amide bonds. The summed E-state index contributed by atoms with van der Waals surface area (Å²) < 4.78 is 56.7. The van der Waals surface area contributed by atoms with Crippen LogP contribution in [0, 0.1) is 13.8 Å².